The summed E-state index contributed by atoms with van der Waals surface area (Å²) in [6, 6.07) is 0. The van der Waals surface area contributed by atoms with Crippen LogP contribution in [0.15, 0.2) is 11.4 Å². The van der Waals surface area contributed by atoms with Gasteiger partial charge in [0.1, 0.15) is 5.83 Å². The molecule has 0 bridgehead atoms. The molecule has 0 radical (unpaired) electrons. The van der Waals surface area contributed by atoms with Crippen molar-refractivity contribution in [3.05, 3.63) is 11.4 Å². The van der Waals surface area contributed by atoms with E-state index in [1.165, 1.54) is 0 Å². The molecule has 9 heavy (non-hydrogen) atoms. The molecule has 0 aromatic carbocycles. The second-order valence-corrected chi connectivity index (χ2v) is 2.52. The minimum Gasteiger partial charge on any atom is -0.389 e. The van der Waals surface area contributed by atoms with Crippen molar-refractivity contribution in [2.75, 3.05) is 6.61 Å². The van der Waals surface area contributed by atoms with E-state index >= 15 is 0 Å². The van der Waals surface area contributed by atoms with Crippen LogP contribution in [0.2, 0.25) is 0 Å². The first-order valence-corrected chi connectivity index (χ1v) is 3.21. The Hall–Kier alpha value is -0.370. The lowest BCUT2D eigenvalue weighted by atomic mass is 10.2. The number of hydrogen-bond acceptors (Lipinski definition) is 1. The van der Waals surface area contributed by atoms with Crippen molar-refractivity contribution in [2.45, 2.75) is 19.8 Å². The zero-order valence-corrected chi connectivity index (χ0v) is 5.52. The fourth-order valence-electron chi connectivity index (χ4n) is 0.863. The molecule has 0 amide bonds. The molecule has 52 valence electrons. The molecule has 1 saturated carbocycles. The van der Waals surface area contributed by atoms with Crippen molar-refractivity contribution >= 4 is 0 Å². The summed E-state index contributed by atoms with van der Waals surface area (Å²) in [6.45, 7) is 1.32. The molecule has 1 rings (SSSR count). The van der Waals surface area contributed by atoms with E-state index in [-0.39, 0.29) is 5.83 Å². The molecular formula is C7H11FO. The Morgan fingerprint density at radius 1 is 1.67 bits per heavy atom. The number of rotatable bonds is 2. The van der Waals surface area contributed by atoms with Gasteiger partial charge in [-0.15, -0.1) is 0 Å². The second-order valence-electron chi connectivity index (χ2n) is 2.52. The molecule has 0 spiro atoms. The van der Waals surface area contributed by atoms with Gasteiger partial charge in [-0.25, -0.2) is 4.39 Å². The Morgan fingerprint density at radius 2 is 2.22 bits per heavy atom. The monoisotopic (exact) mass is 130 g/mol. The van der Waals surface area contributed by atoms with Gasteiger partial charge in [-0.1, -0.05) is 0 Å². The molecule has 0 aromatic heterocycles. The number of allylic oxidation sites excluding steroid dienone is 1. The number of hydrogen-bond donors (Lipinski definition) is 1. The maximum Gasteiger partial charge on any atom is 0.124 e. The normalized spacial score (nSPS) is 21.7. The summed E-state index contributed by atoms with van der Waals surface area (Å²) in [5.74, 6) is 0.106. The molecule has 1 aliphatic carbocycles. The molecule has 1 aliphatic rings. The maximum atomic E-state index is 12.4. The van der Waals surface area contributed by atoms with E-state index in [4.69, 9.17) is 5.11 Å². The number of halogens is 1. The van der Waals surface area contributed by atoms with E-state index in [2.05, 4.69) is 0 Å². The molecule has 1 fully saturated rings. The van der Waals surface area contributed by atoms with E-state index in [1.807, 2.05) is 0 Å². The van der Waals surface area contributed by atoms with Crippen LogP contribution in [-0.2, 0) is 0 Å². The third-order valence-electron chi connectivity index (χ3n) is 1.76. The van der Waals surface area contributed by atoms with E-state index in [9.17, 15) is 4.39 Å². The van der Waals surface area contributed by atoms with Crippen LogP contribution in [0.25, 0.3) is 0 Å². The molecule has 0 saturated heterocycles. The molecule has 1 nitrogen and oxygen atoms in total. The van der Waals surface area contributed by atoms with Crippen molar-refractivity contribution in [3.8, 4) is 0 Å². The van der Waals surface area contributed by atoms with Crippen LogP contribution in [0.1, 0.15) is 19.8 Å². The lowest BCUT2D eigenvalue weighted by molar-refractivity contribution is 0.294. The van der Waals surface area contributed by atoms with Crippen LogP contribution in [0.5, 0.6) is 0 Å². The Kier molecular flexibility index (Phi) is 1.86. The number of aliphatic hydroxyl groups excluding tert-OH is 1. The molecule has 0 heterocycles. The summed E-state index contributed by atoms with van der Waals surface area (Å²) in [6.07, 6.45) is 2.19. The van der Waals surface area contributed by atoms with Crippen LogP contribution in [-0.4, -0.2) is 11.7 Å². The van der Waals surface area contributed by atoms with Crippen LogP contribution in [0.4, 0.5) is 4.39 Å². The van der Waals surface area contributed by atoms with E-state index in [1.54, 1.807) is 6.92 Å². The highest BCUT2D eigenvalue weighted by atomic mass is 19.1. The lowest BCUT2D eigenvalue weighted by Gasteiger charge is -1.96. The smallest absolute Gasteiger partial charge is 0.124 e. The Labute approximate surface area is 54.2 Å². The topological polar surface area (TPSA) is 20.2 Å². The lowest BCUT2D eigenvalue weighted by Crippen LogP contribution is -1.89. The quantitative estimate of drug-likeness (QED) is 0.602. The highest BCUT2D eigenvalue weighted by Gasteiger charge is 2.25. The first kappa shape index (κ1) is 6.75. The Morgan fingerprint density at radius 3 is 2.56 bits per heavy atom. The van der Waals surface area contributed by atoms with Gasteiger partial charge in [-0.2, -0.15) is 0 Å². The average Bonchev–Trinajstić information content (AvgIpc) is 2.66. The highest BCUT2D eigenvalue weighted by Crippen LogP contribution is 2.37. The van der Waals surface area contributed by atoms with E-state index in [0.29, 0.717) is 5.92 Å². The van der Waals surface area contributed by atoms with Crippen LogP contribution >= 0.6 is 0 Å². The summed E-state index contributed by atoms with van der Waals surface area (Å²) in [4.78, 5) is 0. The van der Waals surface area contributed by atoms with Gasteiger partial charge in [0, 0.05) is 0 Å². The summed E-state index contributed by atoms with van der Waals surface area (Å²) < 4.78 is 12.4. The van der Waals surface area contributed by atoms with Crippen molar-refractivity contribution < 1.29 is 9.50 Å². The van der Waals surface area contributed by atoms with Gasteiger partial charge in [0.25, 0.3) is 0 Å². The minimum atomic E-state index is -0.428. The summed E-state index contributed by atoms with van der Waals surface area (Å²) in [5.41, 5.74) is 0.748. The fraction of sp³-hybridized carbons (Fsp3) is 0.714. The predicted molar refractivity (Wildman–Crippen MR) is 33.6 cm³/mol. The van der Waals surface area contributed by atoms with Gasteiger partial charge in [0.15, 0.2) is 0 Å². The van der Waals surface area contributed by atoms with Gasteiger partial charge >= 0.3 is 0 Å². The SMILES string of the molecule is CC(=C(F)CO)C1CC1. The molecule has 0 aliphatic heterocycles. The van der Waals surface area contributed by atoms with Crippen molar-refractivity contribution in [1.29, 1.82) is 0 Å². The maximum absolute atomic E-state index is 12.4. The van der Waals surface area contributed by atoms with Crippen LogP contribution < -0.4 is 0 Å². The molecule has 2 heteroatoms. The molecule has 0 aromatic rings. The predicted octanol–water partition coefficient (Wildman–Crippen LogP) is 1.63. The molecule has 0 unspecified atom stereocenters. The third-order valence-corrected chi connectivity index (χ3v) is 1.76. The molecule has 1 N–H and O–H groups in total. The summed E-state index contributed by atoms with van der Waals surface area (Å²) >= 11 is 0. The third kappa shape index (κ3) is 1.52. The van der Waals surface area contributed by atoms with Gasteiger partial charge in [-0.05, 0) is 31.3 Å². The van der Waals surface area contributed by atoms with Gasteiger partial charge < -0.3 is 5.11 Å². The highest BCUT2D eigenvalue weighted by molar-refractivity contribution is 5.13. The first-order chi connectivity index (χ1) is 4.25. The van der Waals surface area contributed by atoms with E-state index in [0.717, 1.165) is 18.4 Å². The summed E-state index contributed by atoms with van der Waals surface area (Å²) in [7, 11) is 0. The largest absolute Gasteiger partial charge is 0.389 e. The Bertz CT molecular complexity index is 136. The minimum absolute atomic E-state index is 0.336. The molecular weight excluding hydrogens is 119 g/mol. The van der Waals surface area contributed by atoms with Gasteiger partial charge in [0.05, 0.1) is 6.61 Å². The number of aliphatic hydroxyl groups is 1. The van der Waals surface area contributed by atoms with Crippen molar-refractivity contribution in [1.82, 2.24) is 0 Å². The van der Waals surface area contributed by atoms with Gasteiger partial charge in [0.2, 0.25) is 0 Å². The first-order valence-electron chi connectivity index (χ1n) is 3.21. The van der Waals surface area contributed by atoms with Crippen LogP contribution in [0, 0.1) is 5.92 Å². The van der Waals surface area contributed by atoms with Crippen LogP contribution in [0.3, 0.4) is 0 Å². The fourth-order valence-corrected chi connectivity index (χ4v) is 0.863. The zero-order chi connectivity index (χ0) is 6.85. The second kappa shape index (κ2) is 2.48. The van der Waals surface area contributed by atoms with Gasteiger partial charge in [-0.3, -0.25) is 0 Å². The summed E-state index contributed by atoms with van der Waals surface area (Å²) in [5, 5.41) is 8.35. The van der Waals surface area contributed by atoms with Crippen molar-refractivity contribution in [3.63, 3.8) is 0 Å². The molecule has 0 atom stereocenters. The van der Waals surface area contributed by atoms with E-state index < -0.39 is 6.61 Å². The van der Waals surface area contributed by atoms with Crippen molar-refractivity contribution in [2.24, 2.45) is 5.92 Å². The standard InChI is InChI=1S/C7H11FO/c1-5(6-2-3-6)7(8)4-9/h6,9H,2-4H2,1H3. The Balaban J connectivity index is 2.53. The zero-order valence-electron chi connectivity index (χ0n) is 5.52. The average molecular weight is 130 g/mol.